The van der Waals surface area contributed by atoms with Gasteiger partial charge >= 0.3 is 6.18 Å². The zero-order valence-corrected chi connectivity index (χ0v) is 13.7. The van der Waals surface area contributed by atoms with Gasteiger partial charge < -0.3 is 5.32 Å². The van der Waals surface area contributed by atoms with Crippen LogP contribution in [-0.4, -0.2) is 9.85 Å². The maximum Gasteiger partial charge on any atom is 0.418 e. The van der Waals surface area contributed by atoms with E-state index in [0.717, 1.165) is 0 Å². The SMILES string of the molecule is O=[N+]([O-])c1cc([N+](=O)[O-])c(Nc2cccc(I)c2)c(C(F)(F)F)c1. The lowest BCUT2D eigenvalue weighted by Gasteiger charge is -2.15. The maximum atomic E-state index is 13.2. The molecular weight excluding hydrogens is 446 g/mol. The standard InChI is InChI=1S/C13H7F3IN3O4/c14-13(15,16)10-5-9(19(21)22)6-11(20(23)24)12(10)18-8-3-1-2-7(17)4-8/h1-6,18H. The van der Waals surface area contributed by atoms with Crippen molar-refractivity contribution in [3.8, 4) is 0 Å². The molecule has 1 N–H and O–H groups in total. The Morgan fingerprint density at radius 2 is 1.71 bits per heavy atom. The topological polar surface area (TPSA) is 98.3 Å². The molecular formula is C13H7F3IN3O4. The first-order chi connectivity index (χ1) is 11.1. The van der Waals surface area contributed by atoms with Crippen LogP contribution in [0.2, 0.25) is 0 Å². The van der Waals surface area contributed by atoms with Crippen molar-refractivity contribution in [1.82, 2.24) is 0 Å². The summed E-state index contributed by atoms with van der Waals surface area (Å²) in [6.45, 7) is 0. The van der Waals surface area contributed by atoms with Gasteiger partial charge in [-0.25, -0.2) is 0 Å². The monoisotopic (exact) mass is 453 g/mol. The Kier molecular flexibility index (Phi) is 4.91. The summed E-state index contributed by atoms with van der Waals surface area (Å²) in [4.78, 5) is 19.7. The summed E-state index contributed by atoms with van der Waals surface area (Å²) >= 11 is 1.92. The Balaban J connectivity index is 2.71. The van der Waals surface area contributed by atoms with E-state index in [1.54, 1.807) is 12.1 Å². The van der Waals surface area contributed by atoms with E-state index in [1.807, 2.05) is 22.6 Å². The number of nitro benzene ring substituents is 2. The van der Waals surface area contributed by atoms with Crippen molar-refractivity contribution in [2.45, 2.75) is 6.18 Å². The summed E-state index contributed by atoms with van der Waals surface area (Å²) in [5, 5.41) is 24.2. The van der Waals surface area contributed by atoms with Crippen LogP contribution >= 0.6 is 22.6 Å². The van der Waals surface area contributed by atoms with Crippen LogP contribution in [0.4, 0.5) is 35.9 Å². The van der Waals surface area contributed by atoms with Crippen LogP contribution < -0.4 is 5.32 Å². The fourth-order valence-corrected chi connectivity index (χ4v) is 2.47. The molecule has 0 atom stereocenters. The van der Waals surface area contributed by atoms with Crippen LogP contribution in [0.15, 0.2) is 36.4 Å². The lowest BCUT2D eigenvalue weighted by Crippen LogP contribution is -2.12. The van der Waals surface area contributed by atoms with Crippen molar-refractivity contribution in [3.05, 3.63) is 65.8 Å². The first-order valence-electron chi connectivity index (χ1n) is 6.16. The van der Waals surface area contributed by atoms with E-state index in [9.17, 15) is 33.4 Å². The molecule has 0 fully saturated rings. The van der Waals surface area contributed by atoms with Gasteiger partial charge in [-0.15, -0.1) is 0 Å². The lowest BCUT2D eigenvalue weighted by atomic mass is 10.1. The minimum atomic E-state index is -5.01. The molecule has 0 bridgehead atoms. The molecule has 11 heteroatoms. The number of nitrogens with one attached hydrogen (secondary N) is 1. The highest BCUT2D eigenvalue weighted by atomic mass is 127. The molecule has 2 rings (SSSR count). The van der Waals surface area contributed by atoms with Crippen molar-refractivity contribution in [3.63, 3.8) is 0 Å². The number of anilines is 2. The van der Waals surface area contributed by atoms with Gasteiger partial charge in [0.05, 0.1) is 21.5 Å². The Hall–Kier alpha value is -2.44. The number of nitrogens with zero attached hydrogens (tertiary/aromatic N) is 2. The number of rotatable bonds is 4. The predicted molar refractivity (Wildman–Crippen MR) is 87.2 cm³/mol. The molecule has 7 nitrogen and oxygen atoms in total. The fraction of sp³-hybridized carbons (Fsp3) is 0.0769. The molecule has 24 heavy (non-hydrogen) atoms. The fourth-order valence-electron chi connectivity index (χ4n) is 1.93. The summed E-state index contributed by atoms with van der Waals surface area (Å²) in [6, 6.07) is 6.89. The van der Waals surface area contributed by atoms with Gasteiger partial charge in [0.15, 0.2) is 0 Å². The largest absolute Gasteiger partial charge is 0.418 e. The van der Waals surface area contributed by atoms with Crippen LogP contribution in [0.5, 0.6) is 0 Å². The number of hydrogen-bond acceptors (Lipinski definition) is 5. The Bertz CT molecular complexity index is 827. The van der Waals surface area contributed by atoms with Gasteiger partial charge in [0.1, 0.15) is 5.69 Å². The van der Waals surface area contributed by atoms with Crippen molar-refractivity contribution >= 4 is 45.3 Å². The average molecular weight is 453 g/mol. The zero-order valence-electron chi connectivity index (χ0n) is 11.5. The van der Waals surface area contributed by atoms with Crippen LogP contribution in [0.3, 0.4) is 0 Å². The zero-order chi connectivity index (χ0) is 18.1. The molecule has 0 heterocycles. The number of benzene rings is 2. The molecule has 2 aromatic carbocycles. The van der Waals surface area contributed by atoms with Gasteiger partial charge in [-0.05, 0) is 40.8 Å². The third-order valence-electron chi connectivity index (χ3n) is 2.91. The molecule has 0 aliphatic heterocycles. The Morgan fingerprint density at radius 1 is 1.04 bits per heavy atom. The highest BCUT2D eigenvalue weighted by molar-refractivity contribution is 14.1. The van der Waals surface area contributed by atoms with Crippen molar-refractivity contribution in [2.75, 3.05) is 5.32 Å². The lowest BCUT2D eigenvalue weighted by molar-refractivity contribution is -0.394. The number of halogens is 4. The van der Waals surface area contributed by atoms with Crippen molar-refractivity contribution in [1.29, 1.82) is 0 Å². The van der Waals surface area contributed by atoms with Crippen molar-refractivity contribution in [2.24, 2.45) is 0 Å². The molecule has 0 saturated heterocycles. The van der Waals surface area contributed by atoms with E-state index in [4.69, 9.17) is 0 Å². The molecule has 0 unspecified atom stereocenters. The second-order valence-corrected chi connectivity index (χ2v) is 5.78. The van der Waals surface area contributed by atoms with Crippen LogP contribution in [0.25, 0.3) is 0 Å². The van der Waals surface area contributed by atoms with Gasteiger partial charge in [0, 0.05) is 15.3 Å². The van der Waals surface area contributed by atoms with Crippen molar-refractivity contribution < 1.29 is 23.0 Å². The molecule has 0 aliphatic carbocycles. The highest BCUT2D eigenvalue weighted by Gasteiger charge is 2.39. The summed E-state index contributed by atoms with van der Waals surface area (Å²) in [6.07, 6.45) is -5.01. The van der Waals surface area contributed by atoms with E-state index in [-0.39, 0.29) is 11.8 Å². The maximum absolute atomic E-state index is 13.2. The van der Waals surface area contributed by atoms with E-state index < -0.39 is 38.6 Å². The summed E-state index contributed by atoms with van der Waals surface area (Å²) in [5.74, 6) is 0. The Labute approximate surface area is 145 Å². The first-order valence-corrected chi connectivity index (χ1v) is 7.24. The third kappa shape index (κ3) is 3.90. The molecule has 0 saturated carbocycles. The molecule has 0 aliphatic rings. The minimum Gasteiger partial charge on any atom is -0.349 e. The molecule has 0 aromatic heterocycles. The van der Waals surface area contributed by atoms with E-state index in [0.29, 0.717) is 9.64 Å². The summed E-state index contributed by atoms with van der Waals surface area (Å²) < 4.78 is 40.4. The molecule has 126 valence electrons. The molecule has 0 amide bonds. The minimum absolute atomic E-state index is 0.185. The van der Waals surface area contributed by atoms with E-state index in [2.05, 4.69) is 5.32 Å². The van der Waals surface area contributed by atoms with Gasteiger partial charge in [-0.3, -0.25) is 20.2 Å². The third-order valence-corrected chi connectivity index (χ3v) is 3.58. The van der Waals surface area contributed by atoms with Crippen LogP contribution in [0, 0.1) is 23.8 Å². The van der Waals surface area contributed by atoms with Gasteiger partial charge in [0.2, 0.25) is 0 Å². The number of hydrogen-bond donors (Lipinski definition) is 1. The smallest absolute Gasteiger partial charge is 0.349 e. The van der Waals surface area contributed by atoms with Crippen LogP contribution in [-0.2, 0) is 6.18 Å². The molecule has 2 aromatic rings. The van der Waals surface area contributed by atoms with E-state index >= 15 is 0 Å². The quantitative estimate of drug-likeness (QED) is 0.405. The highest BCUT2D eigenvalue weighted by Crippen LogP contribution is 2.43. The Morgan fingerprint density at radius 3 is 2.21 bits per heavy atom. The van der Waals surface area contributed by atoms with Gasteiger partial charge in [-0.2, -0.15) is 13.2 Å². The normalized spacial score (nSPS) is 11.2. The second kappa shape index (κ2) is 6.59. The van der Waals surface area contributed by atoms with Gasteiger partial charge in [0.25, 0.3) is 11.4 Å². The summed E-state index contributed by atoms with van der Waals surface area (Å²) in [7, 11) is 0. The van der Waals surface area contributed by atoms with Gasteiger partial charge in [-0.1, -0.05) is 6.07 Å². The average Bonchev–Trinajstić information content (AvgIpc) is 2.45. The van der Waals surface area contributed by atoms with Crippen LogP contribution in [0.1, 0.15) is 5.56 Å². The second-order valence-electron chi connectivity index (χ2n) is 4.53. The van der Waals surface area contributed by atoms with E-state index in [1.165, 1.54) is 12.1 Å². The first kappa shape index (κ1) is 17.9. The predicted octanol–water partition coefficient (Wildman–Crippen LogP) is 4.87. The molecule has 0 spiro atoms. The number of alkyl halides is 3. The number of nitro groups is 2. The molecule has 0 radical (unpaired) electrons. The number of non-ortho nitro benzene ring substituents is 1. The summed E-state index contributed by atoms with van der Waals surface area (Å²) in [5.41, 5.74) is -4.19.